The normalized spacial score (nSPS) is 11.8. The molecule has 1 amide bonds. The van der Waals surface area contributed by atoms with E-state index < -0.39 is 11.9 Å². The minimum atomic E-state index is -1.16. The number of amides is 1. The van der Waals surface area contributed by atoms with E-state index in [0.717, 1.165) is 6.08 Å². The van der Waals surface area contributed by atoms with Crippen LogP contribution in [0.4, 0.5) is 5.82 Å². The SMILES string of the molecule is C=Cc1nc(C(=O)O)c(NC(C)(C)C)n1/C=C/C=C/C(=O)NO. The van der Waals surface area contributed by atoms with Crippen molar-refractivity contribution >= 4 is 30.0 Å². The van der Waals surface area contributed by atoms with Crippen molar-refractivity contribution in [2.24, 2.45) is 0 Å². The first-order valence-corrected chi connectivity index (χ1v) is 6.74. The van der Waals surface area contributed by atoms with Crippen molar-refractivity contribution in [3.05, 3.63) is 36.3 Å². The van der Waals surface area contributed by atoms with Crippen molar-refractivity contribution in [3.8, 4) is 0 Å². The van der Waals surface area contributed by atoms with Crippen LogP contribution in [0.15, 0.2) is 24.8 Å². The fourth-order valence-electron chi connectivity index (χ4n) is 1.68. The molecule has 0 aliphatic rings. The second-order valence-corrected chi connectivity index (χ2v) is 5.60. The number of hydrogen-bond acceptors (Lipinski definition) is 5. The standard InChI is InChI=1S/C15H20N4O4/c1-5-10-16-12(14(21)22)13(17-15(2,3)4)19(10)9-7-6-8-11(20)18-23/h5-9,17,23H,1H2,2-4H3,(H,18,20)(H,21,22)/b8-6+,9-7+. The summed E-state index contributed by atoms with van der Waals surface area (Å²) in [5.41, 5.74) is 0.946. The Morgan fingerprint density at radius 1 is 1.30 bits per heavy atom. The highest BCUT2D eigenvalue weighted by Gasteiger charge is 2.23. The zero-order valence-corrected chi connectivity index (χ0v) is 13.2. The first-order chi connectivity index (χ1) is 10.7. The van der Waals surface area contributed by atoms with Gasteiger partial charge in [-0.05, 0) is 32.9 Å². The van der Waals surface area contributed by atoms with Gasteiger partial charge < -0.3 is 10.4 Å². The smallest absolute Gasteiger partial charge is 0.358 e. The third-order valence-electron chi connectivity index (χ3n) is 2.52. The van der Waals surface area contributed by atoms with Crippen LogP contribution in [0.1, 0.15) is 37.1 Å². The van der Waals surface area contributed by atoms with Crippen molar-refractivity contribution in [1.29, 1.82) is 0 Å². The lowest BCUT2D eigenvalue weighted by Gasteiger charge is -2.22. The molecule has 0 unspecified atom stereocenters. The van der Waals surface area contributed by atoms with Crippen LogP contribution in [0, 0.1) is 0 Å². The lowest BCUT2D eigenvalue weighted by Crippen LogP contribution is -2.28. The predicted molar refractivity (Wildman–Crippen MR) is 87.1 cm³/mol. The number of aromatic carboxylic acids is 1. The van der Waals surface area contributed by atoms with Gasteiger partial charge in [0.15, 0.2) is 5.69 Å². The van der Waals surface area contributed by atoms with E-state index >= 15 is 0 Å². The van der Waals surface area contributed by atoms with Gasteiger partial charge in [0.05, 0.1) is 0 Å². The molecule has 0 aliphatic carbocycles. The van der Waals surface area contributed by atoms with Gasteiger partial charge in [-0.3, -0.25) is 14.6 Å². The van der Waals surface area contributed by atoms with Crippen LogP contribution in [-0.2, 0) is 4.79 Å². The van der Waals surface area contributed by atoms with Gasteiger partial charge in [0.2, 0.25) is 0 Å². The Morgan fingerprint density at radius 3 is 2.43 bits per heavy atom. The van der Waals surface area contributed by atoms with Crippen LogP contribution in [-0.4, -0.2) is 37.3 Å². The topological polar surface area (TPSA) is 116 Å². The summed E-state index contributed by atoms with van der Waals surface area (Å²) in [5, 5.41) is 20.8. The quantitative estimate of drug-likeness (QED) is 0.275. The summed E-state index contributed by atoms with van der Waals surface area (Å²) in [5.74, 6) is -1.20. The van der Waals surface area contributed by atoms with E-state index in [1.165, 1.54) is 34.5 Å². The molecule has 1 aromatic heterocycles. The number of nitrogens with one attached hydrogen (secondary N) is 2. The number of hydrogen-bond donors (Lipinski definition) is 4. The summed E-state index contributed by atoms with van der Waals surface area (Å²) in [6.07, 6.45) is 6.96. The summed E-state index contributed by atoms with van der Waals surface area (Å²) >= 11 is 0. The Balaban J connectivity index is 3.29. The molecule has 0 atom stereocenters. The van der Waals surface area contributed by atoms with Crippen LogP contribution in [0.5, 0.6) is 0 Å². The Bertz CT molecular complexity index is 666. The molecule has 8 heteroatoms. The Kier molecular flexibility index (Phi) is 5.86. The minimum Gasteiger partial charge on any atom is -0.476 e. The number of nitrogens with zero attached hydrogens (tertiary/aromatic N) is 2. The van der Waals surface area contributed by atoms with Crippen molar-refractivity contribution < 1.29 is 19.9 Å². The maximum Gasteiger partial charge on any atom is 0.358 e. The fourth-order valence-corrected chi connectivity index (χ4v) is 1.68. The van der Waals surface area contributed by atoms with Gasteiger partial charge in [0, 0.05) is 17.8 Å². The van der Waals surface area contributed by atoms with Crippen LogP contribution < -0.4 is 10.8 Å². The van der Waals surface area contributed by atoms with E-state index in [0.29, 0.717) is 11.6 Å². The summed E-state index contributed by atoms with van der Waals surface area (Å²) in [6.45, 7) is 9.28. The number of carbonyl (C=O) groups excluding carboxylic acids is 1. The Hall–Kier alpha value is -2.87. The monoisotopic (exact) mass is 320 g/mol. The molecule has 0 fully saturated rings. The number of hydroxylamine groups is 1. The molecule has 4 N–H and O–H groups in total. The zero-order valence-electron chi connectivity index (χ0n) is 13.2. The Morgan fingerprint density at radius 2 is 1.96 bits per heavy atom. The summed E-state index contributed by atoms with van der Waals surface area (Å²) in [4.78, 5) is 26.3. The highest BCUT2D eigenvalue weighted by atomic mass is 16.5. The van der Waals surface area contributed by atoms with Gasteiger partial charge in [-0.15, -0.1) is 0 Å². The lowest BCUT2D eigenvalue weighted by molar-refractivity contribution is -0.124. The molecule has 1 aromatic rings. The summed E-state index contributed by atoms with van der Waals surface area (Å²) in [6, 6.07) is 0. The van der Waals surface area contributed by atoms with Crippen LogP contribution in [0.2, 0.25) is 0 Å². The van der Waals surface area contributed by atoms with E-state index in [-0.39, 0.29) is 11.2 Å². The van der Waals surface area contributed by atoms with Gasteiger partial charge in [-0.2, -0.15) is 0 Å². The highest BCUT2D eigenvalue weighted by Crippen LogP contribution is 2.23. The first kappa shape index (κ1) is 18.2. The highest BCUT2D eigenvalue weighted by molar-refractivity contribution is 5.92. The molecule has 0 spiro atoms. The van der Waals surface area contributed by atoms with Gasteiger partial charge in [0.25, 0.3) is 5.91 Å². The van der Waals surface area contributed by atoms with Gasteiger partial charge >= 0.3 is 5.97 Å². The molecule has 0 saturated heterocycles. The van der Waals surface area contributed by atoms with Gasteiger partial charge in [-0.1, -0.05) is 12.7 Å². The van der Waals surface area contributed by atoms with Crippen molar-refractivity contribution in [2.75, 3.05) is 5.32 Å². The van der Waals surface area contributed by atoms with E-state index in [2.05, 4.69) is 16.9 Å². The second kappa shape index (κ2) is 7.41. The first-order valence-electron chi connectivity index (χ1n) is 6.74. The fraction of sp³-hybridized carbons (Fsp3) is 0.267. The molecule has 0 radical (unpaired) electrons. The van der Waals surface area contributed by atoms with Gasteiger partial charge in [-0.25, -0.2) is 15.3 Å². The summed E-state index contributed by atoms with van der Waals surface area (Å²) in [7, 11) is 0. The molecule has 23 heavy (non-hydrogen) atoms. The number of allylic oxidation sites excluding steroid dienone is 2. The number of rotatable bonds is 6. The molecule has 124 valence electrons. The number of carboxylic acids is 1. The molecule has 1 heterocycles. The molecular formula is C15H20N4O4. The maximum absolute atomic E-state index is 11.4. The molecule has 0 bridgehead atoms. The number of aromatic nitrogens is 2. The summed E-state index contributed by atoms with van der Waals surface area (Å²) < 4.78 is 1.52. The predicted octanol–water partition coefficient (Wildman–Crippen LogP) is 1.97. The minimum absolute atomic E-state index is 0.128. The second-order valence-electron chi connectivity index (χ2n) is 5.60. The number of carbonyl (C=O) groups is 2. The van der Waals surface area contributed by atoms with E-state index in [9.17, 15) is 14.7 Å². The maximum atomic E-state index is 11.4. The number of carboxylic acid groups (broad SMARTS) is 1. The zero-order chi connectivity index (χ0) is 17.6. The van der Waals surface area contributed by atoms with Crippen molar-refractivity contribution in [3.63, 3.8) is 0 Å². The van der Waals surface area contributed by atoms with Crippen LogP contribution >= 0.6 is 0 Å². The van der Waals surface area contributed by atoms with Gasteiger partial charge in [0.1, 0.15) is 11.6 Å². The third kappa shape index (κ3) is 5.11. The van der Waals surface area contributed by atoms with Crippen molar-refractivity contribution in [1.82, 2.24) is 15.0 Å². The van der Waals surface area contributed by atoms with Crippen LogP contribution in [0.3, 0.4) is 0 Å². The average molecular weight is 320 g/mol. The van der Waals surface area contributed by atoms with Crippen LogP contribution in [0.25, 0.3) is 12.3 Å². The third-order valence-corrected chi connectivity index (χ3v) is 2.52. The number of anilines is 1. The molecule has 8 nitrogen and oxygen atoms in total. The van der Waals surface area contributed by atoms with E-state index in [1.54, 1.807) is 0 Å². The molecule has 0 aliphatic heterocycles. The molecular weight excluding hydrogens is 300 g/mol. The largest absolute Gasteiger partial charge is 0.476 e. The van der Waals surface area contributed by atoms with E-state index in [4.69, 9.17) is 5.21 Å². The van der Waals surface area contributed by atoms with E-state index in [1.807, 2.05) is 20.8 Å². The lowest BCUT2D eigenvalue weighted by atomic mass is 10.1. The number of imidazole rings is 1. The van der Waals surface area contributed by atoms with Crippen molar-refractivity contribution in [2.45, 2.75) is 26.3 Å². The molecule has 0 aromatic carbocycles. The molecule has 0 saturated carbocycles. The average Bonchev–Trinajstić information content (AvgIpc) is 2.79. The molecule has 1 rings (SSSR count). The Labute approximate surface area is 133 Å².